The van der Waals surface area contributed by atoms with Crippen molar-refractivity contribution >= 4 is 88.2 Å². The molecular weight excluding hydrogens is 1440 g/mol. The first-order valence-corrected chi connectivity index (χ1v) is 43.4. The summed E-state index contributed by atoms with van der Waals surface area (Å²) in [5.41, 5.74) is -6.94. The molecule has 4 heterocycles. The zero-order valence-electron chi connectivity index (χ0n) is 63.1. The number of carbonyl (C=O) groups is 8. The highest BCUT2D eigenvalue weighted by Gasteiger charge is 2.71. The van der Waals surface area contributed by atoms with E-state index in [1.165, 1.54) is 13.8 Å². The van der Waals surface area contributed by atoms with Crippen molar-refractivity contribution in [3.63, 3.8) is 0 Å². The number of fused-ring (bicyclic) bond motifs is 4. The van der Waals surface area contributed by atoms with E-state index in [9.17, 15) is 72.0 Å². The monoisotopic (exact) mass is 1550 g/mol. The summed E-state index contributed by atoms with van der Waals surface area (Å²) in [7, 11) is -14.8. The Labute approximate surface area is 613 Å². The molecule has 9 aliphatic carbocycles. The van der Waals surface area contributed by atoms with Crippen LogP contribution in [0.2, 0.25) is 0 Å². The van der Waals surface area contributed by atoms with Gasteiger partial charge in [0.05, 0.1) is 46.1 Å². The van der Waals surface area contributed by atoms with Gasteiger partial charge in [0, 0.05) is 47.3 Å². The minimum Gasteiger partial charge on any atom is -0.458 e. The second-order valence-electron chi connectivity index (χ2n) is 34.3. The zero-order valence-corrected chi connectivity index (χ0v) is 66.4. The molecule has 0 N–H and O–H groups in total. The average Bonchev–Trinajstić information content (AvgIpc) is 1.57. The predicted octanol–water partition coefficient (Wildman–Crippen LogP) is 8.49. The largest absolute Gasteiger partial charge is 0.458 e. The lowest BCUT2D eigenvalue weighted by Gasteiger charge is -2.35. The maximum Gasteiger partial charge on any atom is 0.350 e. The quantitative estimate of drug-likeness (QED) is 0.0525. The van der Waals surface area contributed by atoms with Gasteiger partial charge in [0.15, 0.2) is 6.10 Å². The fourth-order valence-electron chi connectivity index (χ4n) is 17.5. The van der Waals surface area contributed by atoms with Crippen LogP contribution in [0.15, 0.2) is 0 Å². The normalized spacial score (nSPS) is 36.0. The molecule has 0 radical (unpaired) electrons. The molecular formula is C72H110O28S4. The van der Waals surface area contributed by atoms with Gasteiger partial charge in [-0.2, -0.15) is 33.7 Å². The van der Waals surface area contributed by atoms with Crippen LogP contribution in [0.1, 0.15) is 240 Å². The number of hydrogen-bond donors (Lipinski definition) is 0. The first-order chi connectivity index (χ1) is 48.1. The van der Waals surface area contributed by atoms with Crippen LogP contribution in [-0.2, 0) is 133 Å². The Balaban J connectivity index is 0.000000149. The Morgan fingerprint density at radius 2 is 0.702 bits per heavy atom. The van der Waals surface area contributed by atoms with Crippen molar-refractivity contribution in [1.82, 2.24) is 0 Å². The fourth-order valence-corrected chi connectivity index (χ4v) is 25.6. The van der Waals surface area contributed by atoms with Crippen molar-refractivity contribution in [2.45, 2.75) is 332 Å². The van der Waals surface area contributed by atoms with Crippen LogP contribution >= 0.6 is 0 Å². The Hall–Kier alpha value is -4.60. The van der Waals surface area contributed by atoms with Crippen LogP contribution in [0.5, 0.6) is 0 Å². The predicted molar refractivity (Wildman–Crippen MR) is 368 cm³/mol. The molecule has 0 amide bonds. The molecule has 9 saturated carbocycles. The number of ether oxygens (including phenoxy) is 8. The standard InChI is InChI=1S/C19H28O7S.C19H30O7S.2C17H26O7S/c1-4-18(2,3)16(20)25-19(7-5-6-8-19)17(21)24-14-11-9-12-13(10-11)26-27(22,23)15(12)14;1-6-18(4,5)16(20)25-19(7-2,8-3)17(21)24-14-11-9-12-13(10-11)26-27(22,23)15(12)14;1-6-16(2,3)14(18)23-17(4,5)15(19)22-12-9-7-10-11(8-9)24-25(20,21)13(10)12;1-5-11(22-16(19)17(3,4)6-2)15(18)23-13-9-7-10-12(8-9)24-25(20,21)14(10)13/h11-15H,4-10H2,1-3H3;11-15H,6-10H2,1-5H3;9-13H,6-8H2,1-5H3;9-14H,5-8H2,1-4H3. The van der Waals surface area contributed by atoms with Crippen molar-refractivity contribution in [3.05, 3.63) is 0 Å². The van der Waals surface area contributed by atoms with Crippen LogP contribution in [0.4, 0.5) is 0 Å². The number of hydrogen-bond acceptors (Lipinski definition) is 28. The lowest BCUT2D eigenvalue weighted by molar-refractivity contribution is -0.194. The molecule has 21 unspecified atom stereocenters. The third kappa shape index (κ3) is 15.0. The van der Waals surface area contributed by atoms with Gasteiger partial charge in [-0.05, 0) is 191 Å². The number of esters is 8. The Kier molecular flexibility index (Phi) is 22.8. The maximum absolute atomic E-state index is 13.1. The SMILES string of the molecule is CCC(C)(C)C(=O)OC(C)(C)C(=O)OC1C2CC3OS(=O)(=O)C1C3C2.CCC(C)(C)C(=O)OC(CC)(CC)C(=O)OC1C2CC3OS(=O)(=O)C1C3C2.CCC(C)(C)C(=O)OC1(C(=O)OC2C3CC4OS(=O)(=O)C2C4C3)CCCC1.CCC(OC(=O)C(C)(C)CC)C(=O)OC1C2CC3OS(=O)(=O)C1C3C2. The molecule has 13 aliphatic rings. The minimum absolute atomic E-state index is 0.00140. The van der Waals surface area contributed by atoms with E-state index in [0.717, 1.165) is 12.8 Å². The highest BCUT2D eigenvalue weighted by atomic mass is 32.2. The summed E-state index contributed by atoms with van der Waals surface area (Å²) in [6.45, 7) is 29.9. The summed E-state index contributed by atoms with van der Waals surface area (Å²) in [4.78, 5) is 101. The van der Waals surface area contributed by atoms with Crippen LogP contribution in [0, 0.1) is 69.0 Å². The molecule has 21 atom stereocenters. The summed E-state index contributed by atoms with van der Waals surface area (Å²) in [5, 5.41) is -3.13. The third-order valence-corrected chi connectivity index (χ3v) is 33.1. The van der Waals surface area contributed by atoms with Crippen LogP contribution in [-0.4, -0.2) is 174 Å². The van der Waals surface area contributed by atoms with Crippen molar-refractivity contribution in [3.8, 4) is 0 Å². The molecule has 4 aliphatic heterocycles. The van der Waals surface area contributed by atoms with Gasteiger partial charge in [-0.1, -0.05) is 48.5 Å². The second kappa shape index (κ2) is 29.0. The Morgan fingerprint density at radius 1 is 0.385 bits per heavy atom. The second-order valence-corrected chi connectivity index (χ2v) is 41.2. The lowest BCUT2D eigenvalue weighted by atomic mass is 9.89. The third-order valence-electron chi connectivity index (χ3n) is 25.9. The molecule has 13 fully saturated rings. The summed E-state index contributed by atoms with van der Waals surface area (Å²) in [5.74, 6) is -4.81. The van der Waals surface area contributed by atoms with Crippen LogP contribution < -0.4 is 0 Å². The number of rotatable bonds is 23. The molecule has 28 nitrogen and oxygen atoms in total. The zero-order chi connectivity index (χ0) is 77.2. The molecule has 0 aromatic carbocycles. The van der Waals surface area contributed by atoms with Gasteiger partial charge in [-0.25, -0.2) is 19.2 Å². The summed E-state index contributed by atoms with van der Waals surface area (Å²) in [6, 6.07) is 0. The van der Waals surface area contributed by atoms with Gasteiger partial charge in [-0.15, -0.1) is 0 Å². The topological polar surface area (TPSA) is 384 Å². The first kappa shape index (κ1) is 81.9. The average molecular weight is 1550 g/mol. The van der Waals surface area contributed by atoms with Gasteiger partial charge in [0.2, 0.25) is 16.8 Å². The molecule has 590 valence electrons. The highest BCUT2D eigenvalue weighted by molar-refractivity contribution is 7.88. The minimum atomic E-state index is -3.72. The van der Waals surface area contributed by atoms with Gasteiger partial charge in [-0.3, -0.25) is 35.9 Å². The fraction of sp³-hybridized carbons (Fsp3) is 0.889. The smallest absolute Gasteiger partial charge is 0.350 e. The van der Waals surface area contributed by atoms with Gasteiger partial charge >= 0.3 is 47.8 Å². The van der Waals surface area contributed by atoms with E-state index in [-0.39, 0.29) is 91.0 Å². The lowest BCUT2D eigenvalue weighted by Crippen LogP contribution is -2.49. The molecule has 0 aromatic rings. The van der Waals surface area contributed by atoms with Crippen molar-refractivity contribution in [1.29, 1.82) is 0 Å². The molecule has 32 heteroatoms. The molecule has 8 bridgehead atoms. The van der Waals surface area contributed by atoms with Gasteiger partial charge in [0.25, 0.3) is 40.5 Å². The summed E-state index contributed by atoms with van der Waals surface area (Å²) >= 11 is 0. The highest BCUT2D eigenvalue weighted by Crippen LogP contribution is 2.60. The van der Waals surface area contributed by atoms with Crippen molar-refractivity contribution < 1.29 is 127 Å². The van der Waals surface area contributed by atoms with E-state index in [0.29, 0.717) is 89.9 Å². The van der Waals surface area contributed by atoms with Crippen LogP contribution in [0.3, 0.4) is 0 Å². The Morgan fingerprint density at radius 3 is 1.05 bits per heavy atom. The van der Waals surface area contributed by atoms with Gasteiger partial charge < -0.3 is 37.9 Å². The molecule has 104 heavy (non-hydrogen) atoms. The molecule has 13 rings (SSSR count). The number of carbonyl (C=O) groups excluding carboxylic acids is 8. The summed E-state index contributed by atoms with van der Waals surface area (Å²) < 4.78 is 163. The summed E-state index contributed by atoms with van der Waals surface area (Å²) in [6.07, 6.45) is 5.80. The first-order valence-electron chi connectivity index (χ1n) is 37.5. The maximum atomic E-state index is 13.1. The Bertz CT molecular complexity index is 3690. The van der Waals surface area contributed by atoms with Gasteiger partial charge in [0.1, 0.15) is 45.4 Å². The van der Waals surface area contributed by atoms with E-state index in [2.05, 4.69) is 0 Å². The van der Waals surface area contributed by atoms with E-state index < -0.39 is 178 Å². The molecule has 0 aromatic heterocycles. The van der Waals surface area contributed by atoms with E-state index in [1.54, 1.807) is 76.2 Å². The van der Waals surface area contributed by atoms with E-state index in [4.69, 9.17) is 54.6 Å². The van der Waals surface area contributed by atoms with E-state index in [1.807, 2.05) is 27.7 Å². The van der Waals surface area contributed by atoms with Crippen LogP contribution in [0.25, 0.3) is 0 Å². The molecule has 4 saturated heterocycles. The molecule has 0 spiro atoms. The van der Waals surface area contributed by atoms with E-state index >= 15 is 0 Å². The van der Waals surface area contributed by atoms with Crippen molar-refractivity contribution in [2.75, 3.05) is 0 Å². The van der Waals surface area contributed by atoms with Crippen molar-refractivity contribution in [2.24, 2.45) is 69.0 Å².